The van der Waals surface area contributed by atoms with E-state index in [4.69, 9.17) is 0 Å². The first kappa shape index (κ1) is 19.8. The summed E-state index contributed by atoms with van der Waals surface area (Å²) < 4.78 is 53.2. The molecule has 0 saturated carbocycles. The van der Waals surface area contributed by atoms with E-state index in [0.29, 0.717) is 0 Å². The van der Waals surface area contributed by atoms with Crippen LogP contribution >= 0.6 is 0 Å². The highest BCUT2D eigenvalue weighted by atomic mass is 19.4. The Morgan fingerprint density at radius 3 is 2.31 bits per heavy atom. The van der Waals surface area contributed by atoms with Gasteiger partial charge in [0.15, 0.2) is 0 Å². The molecule has 0 bridgehead atoms. The summed E-state index contributed by atoms with van der Waals surface area (Å²) in [6.07, 6.45) is -4.47. The number of rotatable bonds is 6. The van der Waals surface area contributed by atoms with Crippen molar-refractivity contribution < 1.29 is 22.4 Å². The quantitative estimate of drug-likeness (QED) is 0.664. The third-order valence-electron chi connectivity index (χ3n) is 3.68. The predicted molar refractivity (Wildman–Crippen MR) is 93.7 cm³/mol. The highest BCUT2D eigenvalue weighted by Gasteiger charge is 2.39. The molecular weight excluding hydrogens is 348 g/mol. The van der Waals surface area contributed by atoms with Gasteiger partial charge in [0.05, 0.1) is 5.56 Å². The number of hydrogen-bond donors (Lipinski definition) is 2. The van der Waals surface area contributed by atoms with Crippen LogP contribution < -0.4 is 10.6 Å². The van der Waals surface area contributed by atoms with Crippen molar-refractivity contribution in [3.63, 3.8) is 0 Å². The van der Waals surface area contributed by atoms with E-state index < -0.39 is 23.9 Å². The fraction of sp³-hybridized carbons (Fsp3) is 0.316. The average Bonchev–Trinajstić information content (AvgIpc) is 2.53. The number of nitrogens with one attached hydrogen (secondary N) is 2. The van der Waals surface area contributed by atoms with E-state index in [1.54, 1.807) is 13.8 Å². The molecule has 1 unspecified atom stereocenters. The van der Waals surface area contributed by atoms with Crippen molar-refractivity contribution >= 4 is 17.3 Å². The standard InChI is InChI=1S/C19H20F4N2O/c1-12(2)10-17(19(21,22)23)24-13-6-5-7-14(11-13)25-18(26)15-8-3-4-9-16(15)20/h3-9,11-12,17,24H,10H2,1-2H3,(H,25,26). The Bertz CT molecular complexity index is 759. The van der Waals surface area contributed by atoms with Crippen LogP contribution in [0.5, 0.6) is 0 Å². The summed E-state index contributed by atoms with van der Waals surface area (Å²) in [4.78, 5) is 12.1. The SMILES string of the molecule is CC(C)CC(Nc1cccc(NC(=O)c2ccccc2F)c1)C(F)(F)F. The van der Waals surface area contributed by atoms with Gasteiger partial charge in [0.25, 0.3) is 5.91 Å². The number of alkyl halides is 3. The van der Waals surface area contributed by atoms with Crippen LogP contribution in [-0.4, -0.2) is 18.1 Å². The molecule has 0 aromatic heterocycles. The molecule has 0 aliphatic rings. The molecule has 7 heteroatoms. The summed E-state index contributed by atoms with van der Waals surface area (Å²) >= 11 is 0. The number of benzene rings is 2. The number of carbonyl (C=O) groups is 1. The lowest BCUT2D eigenvalue weighted by Crippen LogP contribution is -2.37. The normalized spacial score (nSPS) is 12.7. The Labute approximate surface area is 149 Å². The van der Waals surface area contributed by atoms with Gasteiger partial charge in [-0.25, -0.2) is 4.39 Å². The molecule has 2 aromatic carbocycles. The number of amides is 1. The van der Waals surface area contributed by atoms with Crippen molar-refractivity contribution in [1.82, 2.24) is 0 Å². The maximum Gasteiger partial charge on any atom is 0.408 e. The van der Waals surface area contributed by atoms with E-state index in [1.807, 2.05) is 0 Å². The Balaban J connectivity index is 2.14. The van der Waals surface area contributed by atoms with Gasteiger partial charge >= 0.3 is 6.18 Å². The third-order valence-corrected chi connectivity index (χ3v) is 3.68. The zero-order valence-corrected chi connectivity index (χ0v) is 14.4. The van der Waals surface area contributed by atoms with Crippen LogP contribution in [0.1, 0.15) is 30.6 Å². The van der Waals surface area contributed by atoms with Crippen molar-refractivity contribution in [3.05, 3.63) is 59.9 Å². The molecule has 1 amide bonds. The fourth-order valence-electron chi connectivity index (χ4n) is 2.48. The van der Waals surface area contributed by atoms with Crippen LogP contribution in [0.2, 0.25) is 0 Å². The molecule has 0 spiro atoms. The van der Waals surface area contributed by atoms with Crippen LogP contribution in [0.4, 0.5) is 28.9 Å². The van der Waals surface area contributed by atoms with Gasteiger partial charge in [-0.3, -0.25) is 4.79 Å². The minimum atomic E-state index is -4.39. The molecule has 2 N–H and O–H groups in total. The van der Waals surface area contributed by atoms with Gasteiger partial charge < -0.3 is 10.6 Å². The largest absolute Gasteiger partial charge is 0.408 e. The first-order chi connectivity index (χ1) is 12.2. The van der Waals surface area contributed by atoms with Crippen LogP contribution in [0.25, 0.3) is 0 Å². The van der Waals surface area contributed by atoms with E-state index in [-0.39, 0.29) is 29.3 Å². The van der Waals surface area contributed by atoms with Crippen LogP contribution in [0.15, 0.2) is 48.5 Å². The van der Waals surface area contributed by atoms with Crippen molar-refractivity contribution in [2.45, 2.75) is 32.5 Å². The van der Waals surface area contributed by atoms with Gasteiger partial charge in [0.2, 0.25) is 0 Å². The molecule has 2 aromatic rings. The Hall–Kier alpha value is -2.57. The number of halogens is 4. The molecule has 0 saturated heterocycles. The Morgan fingerprint density at radius 2 is 1.69 bits per heavy atom. The zero-order valence-electron chi connectivity index (χ0n) is 14.4. The van der Waals surface area contributed by atoms with Gasteiger partial charge in [-0.05, 0) is 42.7 Å². The fourth-order valence-corrected chi connectivity index (χ4v) is 2.48. The second kappa shape index (κ2) is 8.21. The van der Waals surface area contributed by atoms with E-state index >= 15 is 0 Å². The molecule has 0 fully saturated rings. The average molecular weight is 368 g/mol. The van der Waals surface area contributed by atoms with Crippen LogP contribution in [0.3, 0.4) is 0 Å². The summed E-state index contributed by atoms with van der Waals surface area (Å²) in [6, 6.07) is 9.69. The van der Waals surface area contributed by atoms with Crippen molar-refractivity contribution in [2.75, 3.05) is 10.6 Å². The van der Waals surface area contributed by atoms with E-state index in [2.05, 4.69) is 10.6 Å². The summed E-state index contributed by atoms with van der Waals surface area (Å²) in [5.74, 6) is -1.48. The van der Waals surface area contributed by atoms with Gasteiger partial charge in [0.1, 0.15) is 11.9 Å². The lowest BCUT2D eigenvalue weighted by atomic mass is 10.0. The molecule has 2 rings (SSSR count). The first-order valence-corrected chi connectivity index (χ1v) is 8.16. The molecule has 0 heterocycles. The third kappa shape index (κ3) is 5.47. The molecule has 1 atom stereocenters. The Kier molecular flexibility index (Phi) is 6.23. The summed E-state index contributed by atoms with van der Waals surface area (Å²) in [6.45, 7) is 3.43. The molecule has 0 aliphatic heterocycles. The Morgan fingerprint density at radius 1 is 1.04 bits per heavy atom. The summed E-state index contributed by atoms with van der Waals surface area (Å²) in [5.41, 5.74) is 0.354. The zero-order chi connectivity index (χ0) is 19.3. The van der Waals surface area contributed by atoms with Crippen molar-refractivity contribution in [3.8, 4) is 0 Å². The molecule has 0 aliphatic carbocycles. The highest BCUT2D eigenvalue weighted by Crippen LogP contribution is 2.29. The molecule has 26 heavy (non-hydrogen) atoms. The number of anilines is 2. The minimum Gasteiger partial charge on any atom is -0.374 e. The van der Waals surface area contributed by atoms with Crippen molar-refractivity contribution in [2.24, 2.45) is 5.92 Å². The summed E-state index contributed by atoms with van der Waals surface area (Å²) in [5, 5.41) is 4.96. The lowest BCUT2D eigenvalue weighted by molar-refractivity contribution is -0.145. The molecular formula is C19H20F4N2O. The molecule has 140 valence electrons. The first-order valence-electron chi connectivity index (χ1n) is 8.16. The second-order valence-electron chi connectivity index (χ2n) is 6.38. The van der Waals surface area contributed by atoms with E-state index in [1.165, 1.54) is 42.5 Å². The van der Waals surface area contributed by atoms with Gasteiger partial charge in [-0.1, -0.05) is 32.0 Å². The predicted octanol–water partition coefficient (Wildman–Crippen LogP) is 5.47. The maximum atomic E-state index is 13.6. The molecule has 0 radical (unpaired) electrons. The molecule has 3 nitrogen and oxygen atoms in total. The van der Waals surface area contributed by atoms with Crippen LogP contribution in [0, 0.1) is 11.7 Å². The smallest absolute Gasteiger partial charge is 0.374 e. The second-order valence-corrected chi connectivity index (χ2v) is 6.38. The highest BCUT2D eigenvalue weighted by molar-refractivity contribution is 6.04. The van der Waals surface area contributed by atoms with E-state index in [9.17, 15) is 22.4 Å². The summed E-state index contributed by atoms with van der Waals surface area (Å²) in [7, 11) is 0. The van der Waals surface area contributed by atoms with E-state index in [0.717, 1.165) is 6.07 Å². The monoisotopic (exact) mass is 368 g/mol. The number of carbonyl (C=O) groups excluding carboxylic acids is 1. The minimum absolute atomic E-state index is 0.0741. The van der Waals surface area contributed by atoms with Gasteiger partial charge in [-0.15, -0.1) is 0 Å². The topological polar surface area (TPSA) is 41.1 Å². The van der Waals surface area contributed by atoms with Gasteiger partial charge in [0, 0.05) is 11.4 Å². The van der Waals surface area contributed by atoms with Crippen LogP contribution in [-0.2, 0) is 0 Å². The maximum absolute atomic E-state index is 13.6. The lowest BCUT2D eigenvalue weighted by Gasteiger charge is -2.24. The number of hydrogen-bond acceptors (Lipinski definition) is 2. The van der Waals surface area contributed by atoms with Crippen molar-refractivity contribution in [1.29, 1.82) is 0 Å². The van der Waals surface area contributed by atoms with Gasteiger partial charge in [-0.2, -0.15) is 13.2 Å².